The molecule has 0 spiro atoms. The van der Waals surface area contributed by atoms with Gasteiger partial charge in [0.1, 0.15) is 5.58 Å². The monoisotopic (exact) mass is 377 g/mol. The smallest absolute Gasteiger partial charge is 0.231 e. The molecule has 4 rings (SSSR count). The molecule has 1 aromatic heterocycles. The van der Waals surface area contributed by atoms with Crippen LogP contribution in [0.5, 0.6) is 0 Å². The van der Waals surface area contributed by atoms with Crippen molar-refractivity contribution in [3.63, 3.8) is 0 Å². The number of aryl methyl sites for hydroxylation is 1. The molecule has 0 radical (unpaired) electrons. The second-order valence-electron chi connectivity index (χ2n) is 6.67. The van der Waals surface area contributed by atoms with Gasteiger partial charge in [0.25, 0.3) is 0 Å². The van der Waals surface area contributed by atoms with Gasteiger partial charge < -0.3 is 9.32 Å². The second kappa shape index (κ2) is 7.09. The second-order valence-corrected chi connectivity index (χ2v) is 7.08. The normalized spacial score (nSPS) is 11.2. The van der Waals surface area contributed by atoms with Crippen molar-refractivity contribution < 1.29 is 9.21 Å². The minimum absolute atomic E-state index is 0.0354. The van der Waals surface area contributed by atoms with Crippen molar-refractivity contribution >= 4 is 44.9 Å². The van der Waals surface area contributed by atoms with Crippen molar-refractivity contribution in [2.45, 2.75) is 20.3 Å². The molecule has 0 N–H and O–H groups in total. The Morgan fingerprint density at radius 2 is 1.85 bits per heavy atom. The van der Waals surface area contributed by atoms with Crippen LogP contribution in [0.4, 0.5) is 5.69 Å². The third-order valence-electron chi connectivity index (χ3n) is 4.95. The lowest BCUT2D eigenvalue weighted by molar-refractivity contribution is -0.117. The molecule has 0 aliphatic heterocycles. The predicted octanol–water partition coefficient (Wildman–Crippen LogP) is 6.14. The van der Waals surface area contributed by atoms with Crippen LogP contribution in [0.25, 0.3) is 21.7 Å². The summed E-state index contributed by atoms with van der Waals surface area (Å²) in [5, 5.41) is 3.77. The highest BCUT2D eigenvalue weighted by Gasteiger charge is 2.19. The maximum absolute atomic E-state index is 13.1. The maximum atomic E-state index is 13.1. The summed E-state index contributed by atoms with van der Waals surface area (Å²) in [4.78, 5) is 15.0. The van der Waals surface area contributed by atoms with Crippen LogP contribution in [0.3, 0.4) is 0 Å². The Balaban J connectivity index is 1.70. The molecule has 0 aliphatic carbocycles. The number of likely N-dealkylation sites (N-methyl/N-ethyl adjacent to an activating group) is 1. The fourth-order valence-electron chi connectivity index (χ4n) is 3.52. The molecule has 0 atom stereocenters. The van der Waals surface area contributed by atoms with Gasteiger partial charge >= 0.3 is 0 Å². The maximum Gasteiger partial charge on any atom is 0.231 e. The standard InChI is InChI=1S/C23H20ClNO2/c1-3-25(21-10-6-8-16-7-4-5-9-18(16)21)23(26)12-17-14-27-22-11-15(2)20(24)13-19(17)22/h4-11,13-14H,3,12H2,1-2H3. The molecule has 0 saturated carbocycles. The molecule has 27 heavy (non-hydrogen) atoms. The number of halogens is 1. The van der Waals surface area contributed by atoms with E-state index in [-0.39, 0.29) is 12.3 Å². The third kappa shape index (κ3) is 3.19. The molecule has 0 aliphatic rings. The lowest BCUT2D eigenvalue weighted by Gasteiger charge is -2.22. The predicted molar refractivity (Wildman–Crippen MR) is 112 cm³/mol. The molecular formula is C23H20ClNO2. The highest BCUT2D eigenvalue weighted by atomic mass is 35.5. The SMILES string of the molecule is CCN(C(=O)Cc1coc2cc(C)c(Cl)cc12)c1cccc2ccccc12. The van der Waals surface area contributed by atoms with Crippen LogP contribution in [0, 0.1) is 6.92 Å². The van der Waals surface area contributed by atoms with E-state index in [1.165, 1.54) is 0 Å². The average Bonchev–Trinajstić information content (AvgIpc) is 3.04. The van der Waals surface area contributed by atoms with Gasteiger partial charge in [-0.1, -0.05) is 48.0 Å². The summed E-state index contributed by atoms with van der Waals surface area (Å²) in [5.74, 6) is 0.0354. The molecule has 1 heterocycles. The lowest BCUT2D eigenvalue weighted by Crippen LogP contribution is -2.32. The molecule has 3 nitrogen and oxygen atoms in total. The number of hydrogen-bond acceptors (Lipinski definition) is 2. The van der Waals surface area contributed by atoms with Crippen LogP contribution in [0.15, 0.2) is 65.3 Å². The first-order valence-electron chi connectivity index (χ1n) is 9.03. The molecule has 136 valence electrons. The quantitative estimate of drug-likeness (QED) is 0.427. The van der Waals surface area contributed by atoms with Crippen LogP contribution >= 0.6 is 11.6 Å². The van der Waals surface area contributed by atoms with E-state index in [0.29, 0.717) is 11.6 Å². The molecule has 0 saturated heterocycles. The van der Waals surface area contributed by atoms with Gasteiger partial charge in [-0.25, -0.2) is 0 Å². The van der Waals surface area contributed by atoms with Crippen LogP contribution in [0.2, 0.25) is 5.02 Å². The first-order chi connectivity index (χ1) is 13.1. The van der Waals surface area contributed by atoms with E-state index in [2.05, 4.69) is 18.2 Å². The number of carbonyl (C=O) groups is 1. The van der Waals surface area contributed by atoms with Crippen LogP contribution < -0.4 is 4.90 Å². The van der Waals surface area contributed by atoms with Gasteiger partial charge in [0, 0.05) is 27.9 Å². The molecule has 0 unspecified atom stereocenters. The zero-order chi connectivity index (χ0) is 19.0. The van der Waals surface area contributed by atoms with E-state index in [4.69, 9.17) is 16.0 Å². The van der Waals surface area contributed by atoms with Crippen molar-refractivity contribution in [2.75, 3.05) is 11.4 Å². The summed E-state index contributed by atoms with van der Waals surface area (Å²) in [5.41, 5.74) is 3.51. The summed E-state index contributed by atoms with van der Waals surface area (Å²) in [6.45, 7) is 4.53. The van der Waals surface area contributed by atoms with E-state index in [1.807, 2.05) is 55.1 Å². The fraction of sp³-hybridized carbons (Fsp3) is 0.174. The number of amides is 1. The average molecular weight is 378 g/mol. The number of hydrogen-bond donors (Lipinski definition) is 0. The number of furan rings is 1. The molecule has 3 aromatic carbocycles. The number of rotatable bonds is 4. The van der Waals surface area contributed by atoms with Gasteiger partial charge in [-0.15, -0.1) is 0 Å². The number of fused-ring (bicyclic) bond motifs is 2. The van der Waals surface area contributed by atoms with E-state index in [9.17, 15) is 4.79 Å². The summed E-state index contributed by atoms with van der Waals surface area (Å²) in [7, 11) is 0. The van der Waals surface area contributed by atoms with E-state index in [0.717, 1.165) is 38.6 Å². The van der Waals surface area contributed by atoms with Crippen LogP contribution in [-0.4, -0.2) is 12.5 Å². The Bertz CT molecular complexity index is 1140. The third-order valence-corrected chi connectivity index (χ3v) is 5.36. The minimum Gasteiger partial charge on any atom is -0.464 e. The van der Waals surface area contributed by atoms with Gasteiger partial charge in [-0.05, 0) is 43.0 Å². The zero-order valence-corrected chi connectivity index (χ0v) is 16.1. The van der Waals surface area contributed by atoms with Gasteiger partial charge in [0.15, 0.2) is 0 Å². The Morgan fingerprint density at radius 1 is 1.07 bits per heavy atom. The summed E-state index contributed by atoms with van der Waals surface area (Å²) < 4.78 is 5.65. The Morgan fingerprint density at radius 3 is 2.67 bits per heavy atom. The largest absolute Gasteiger partial charge is 0.464 e. The summed E-state index contributed by atoms with van der Waals surface area (Å²) >= 11 is 6.27. The van der Waals surface area contributed by atoms with Gasteiger partial charge in [-0.2, -0.15) is 0 Å². The molecule has 0 fully saturated rings. The Kier molecular flexibility index (Phi) is 4.63. The zero-order valence-electron chi connectivity index (χ0n) is 15.3. The molecule has 4 heteroatoms. The topological polar surface area (TPSA) is 33.5 Å². The van der Waals surface area contributed by atoms with E-state index >= 15 is 0 Å². The van der Waals surface area contributed by atoms with Crippen molar-refractivity contribution in [2.24, 2.45) is 0 Å². The van der Waals surface area contributed by atoms with Crippen molar-refractivity contribution in [1.29, 1.82) is 0 Å². The van der Waals surface area contributed by atoms with Crippen LogP contribution in [-0.2, 0) is 11.2 Å². The van der Waals surface area contributed by atoms with Gasteiger partial charge in [-0.3, -0.25) is 4.79 Å². The summed E-state index contributed by atoms with van der Waals surface area (Å²) in [6, 6.07) is 18.0. The van der Waals surface area contributed by atoms with Gasteiger partial charge in [0.05, 0.1) is 18.4 Å². The highest BCUT2D eigenvalue weighted by Crippen LogP contribution is 2.30. The molecule has 1 amide bonds. The molecule has 0 bridgehead atoms. The minimum atomic E-state index is 0.0354. The molecular weight excluding hydrogens is 358 g/mol. The first-order valence-corrected chi connectivity index (χ1v) is 9.40. The number of carbonyl (C=O) groups excluding carboxylic acids is 1. The number of anilines is 1. The van der Waals surface area contributed by atoms with E-state index in [1.54, 1.807) is 6.26 Å². The fourth-order valence-corrected chi connectivity index (χ4v) is 3.69. The van der Waals surface area contributed by atoms with Gasteiger partial charge in [0.2, 0.25) is 5.91 Å². The van der Waals surface area contributed by atoms with Crippen LogP contribution in [0.1, 0.15) is 18.1 Å². The number of benzene rings is 3. The lowest BCUT2D eigenvalue weighted by atomic mass is 10.1. The van der Waals surface area contributed by atoms with Crippen molar-refractivity contribution in [3.8, 4) is 0 Å². The van der Waals surface area contributed by atoms with Crippen molar-refractivity contribution in [1.82, 2.24) is 0 Å². The highest BCUT2D eigenvalue weighted by molar-refractivity contribution is 6.32. The number of nitrogens with zero attached hydrogens (tertiary/aromatic N) is 1. The first kappa shape index (κ1) is 17.6. The Hall–Kier alpha value is -2.78. The van der Waals surface area contributed by atoms with E-state index < -0.39 is 0 Å². The van der Waals surface area contributed by atoms with Crippen molar-refractivity contribution in [3.05, 3.63) is 77.0 Å². The molecule has 4 aromatic rings. The summed E-state index contributed by atoms with van der Waals surface area (Å²) in [6.07, 6.45) is 1.93. The Labute approximate surface area is 163 Å².